The Morgan fingerprint density at radius 3 is 2.15 bits per heavy atom. The summed E-state index contributed by atoms with van der Waals surface area (Å²) in [6, 6.07) is 32.0. The van der Waals surface area contributed by atoms with Gasteiger partial charge in [0, 0.05) is 36.2 Å². The number of aliphatic hydroxyl groups excluding tert-OH is 1. The zero-order valence-corrected chi connectivity index (χ0v) is 30.6. The molecule has 2 heterocycles. The summed E-state index contributed by atoms with van der Waals surface area (Å²) in [5, 5.41) is 13.2. The van der Waals surface area contributed by atoms with E-state index in [9.17, 15) is 18.3 Å². The number of thioether (sulfide) groups is 1. The highest BCUT2D eigenvalue weighted by Gasteiger charge is 2.38. The highest BCUT2D eigenvalue weighted by Crippen LogP contribution is 2.42. The highest BCUT2D eigenvalue weighted by atomic mass is 32.2. The number of amides is 1. The predicted octanol–water partition coefficient (Wildman–Crippen LogP) is 6.07. The number of hydrogen-bond donors (Lipinski definition) is 3. The summed E-state index contributed by atoms with van der Waals surface area (Å²) in [5.41, 5.74) is 5.22. The first-order valence-corrected chi connectivity index (χ1v) is 19.6. The van der Waals surface area contributed by atoms with Crippen LogP contribution in [0.4, 0.5) is 0 Å². The zero-order valence-electron chi connectivity index (χ0n) is 29.0. The standard InChI is InChI=1S/C40H42N4O6S2/c1-27-9-19-34(20-10-27)52(47,48)44-35(23-29-7-4-3-5-8-29)38(46)43-24-30-11-17-33(18-12-30)39-49-36(26-51-40-41-21-6-22-42-40)28(2)37(50-39)32-15-13-31(25-45)14-16-32/h3-22,28,35-37,39,44-45H,23-26H2,1-2H3,(H,43,46). The van der Waals surface area contributed by atoms with Gasteiger partial charge in [0.15, 0.2) is 11.4 Å². The maximum absolute atomic E-state index is 13.5. The molecule has 5 unspecified atom stereocenters. The molecule has 1 aromatic heterocycles. The normalized spacial score (nSPS) is 19.5. The largest absolute Gasteiger partial charge is 0.392 e. The lowest BCUT2D eigenvalue weighted by Gasteiger charge is -2.41. The van der Waals surface area contributed by atoms with Gasteiger partial charge in [-0.25, -0.2) is 18.4 Å². The lowest BCUT2D eigenvalue weighted by molar-refractivity contribution is -0.268. The molecule has 5 aromatic rings. The Balaban J connectivity index is 1.15. The van der Waals surface area contributed by atoms with Gasteiger partial charge in [0.25, 0.3) is 0 Å². The molecule has 10 nitrogen and oxygen atoms in total. The van der Waals surface area contributed by atoms with E-state index in [0.29, 0.717) is 10.9 Å². The SMILES string of the molecule is Cc1ccc(S(=O)(=O)NC(Cc2ccccc2)C(=O)NCc2ccc(C3OC(CSc4ncccn4)C(C)C(c4ccc(CO)cc4)O3)cc2)cc1. The number of aliphatic hydroxyl groups is 1. The van der Waals surface area contributed by atoms with Crippen molar-refractivity contribution < 1.29 is 27.8 Å². The number of ether oxygens (including phenoxy) is 2. The zero-order chi connectivity index (χ0) is 36.5. The van der Waals surface area contributed by atoms with Crippen molar-refractivity contribution in [2.45, 2.75) is 68.0 Å². The van der Waals surface area contributed by atoms with Gasteiger partial charge in [-0.3, -0.25) is 4.79 Å². The Hall–Kier alpha value is -4.43. The molecular weight excluding hydrogens is 697 g/mol. The summed E-state index contributed by atoms with van der Waals surface area (Å²) in [6.45, 7) is 4.14. The predicted molar refractivity (Wildman–Crippen MR) is 199 cm³/mol. The summed E-state index contributed by atoms with van der Waals surface area (Å²) < 4.78 is 42.3. The van der Waals surface area contributed by atoms with Gasteiger partial charge in [-0.15, -0.1) is 0 Å². The van der Waals surface area contributed by atoms with Crippen molar-refractivity contribution in [2.24, 2.45) is 5.92 Å². The van der Waals surface area contributed by atoms with Gasteiger partial charge in [0.1, 0.15) is 6.04 Å². The smallest absolute Gasteiger partial charge is 0.241 e. The summed E-state index contributed by atoms with van der Waals surface area (Å²) in [6.07, 6.45) is 2.52. The van der Waals surface area contributed by atoms with E-state index < -0.39 is 28.3 Å². The molecule has 0 spiro atoms. The van der Waals surface area contributed by atoms with E-state index in [2.05, 4.69) is 26.9 Å². The van der Waals surface area contributed by atoms with Gasteiger partial charge in [-0.1, -0.05) is 115 Å². The van der Waals surface area contributed by atoms with Crippen LogP contribution in [0.15, 0.2) is 132 Å². The number of carbonyl (C=O) groups excluding carboxylic acids is 1. The van der Waals surface area contributed by atoms with Crippen molar-refractivity contribution in [1.82, 2.24) is 20.0 Å². The number of carbonyl (C=O) groups is 1. The average molecular weight is 739 g/mol. The van der Waals surface area contributed by atoms with E-state index in [1.807, 2.05) is 85.8 Å². The number of sulfonamides is 1. The van der Waals surface area contributed by atoms with Crippen LogP contribution in [0.5, 0.6) is 0 Å². The van der Waals surface area contributed by atoms with Crippen molar-refractivity contribution in [1.29, 1.82) is 0 Å². The van der Waals surface area contributed by atoms with Crippen LogP contribution in [0.25, 0.3) is 0 Å². The summed E-state index contributed by atoms with van der Waals surface area (Å²) >= 11 is 1.53. The number of aryl methyl sites for hydroxylation is 1. The van der Waals surface area contributed by atoms with Gasteiger partial charge in [-0.05, 0) is 53.8 Å². The van der Waals surface area contributed by atoms with E-state index in [4.69, 9.17) is 9.47 Å². The van der Waals surface area contributed by atoms with Crippen molar-refractivity contribution in [3.8, 4) is 0 Å². The first-order valence-electron chi connectivity index (χ1n) is 17.1. The fraction of sp³-hybridized carbons (Fsp3) is 0.275. The molecule has 1 aliphatic heterocycles. The van der Waals surface area contributed by atoms with Crippen molar-refractivity contribution in [3.05, 3.63) is 155 Å². The monoisotopic (exact) mass is 738 g/mol. The maximum Gasteiger partial charge on any atom is 0.241 e. The van der Waals surface area contributed by atoms with Crippen LogP contribution in [-0.4, -0.2) is 47.3 Å². The molecule has 1 fully saturated rings. The molecule has 1 aliphatic rings. The summed E-state index contributed by atoms with van der Waals surface area (Å²) in [5.74, 6) is 0.196. The van der Waals surface area contributed by atoms with Crippen LogP contribution in [0.3, 0.4) is 0 Å². The third kappa shape index (κ3) is 9.71. The van der Waals surface area contributed by atoms with Crippen LogP contribution in [0.2, 0.25) is 0 Å². The average Bonchev–Trinajstić information content (AvgIpc) is 3.17. The lowest BCUT2D eigenvalue weighted by Crippen LogP contribution is -2.47. The molecule has 4 aromatic carbocycles. The maximum atomic E-state index is 13.5. The molecule has 6 rings (SSSR count). The Bertz CT molecular complexity index is 2000. The number of rotatable bonds is 14. The fourth-order valence-electron chi connectivity index (χ4n) is 5.94. The number of nitrogens with one attached hydrogen (secondary N) is 2. The Morgan fingerprint density at radius 2 is 1.48 bits per heavy atom. The van der Waals surface area contributed by atoms with Gasteiger partial charge in [-0.2, -0.15) is 4.72 Å². The minimum atomic E-state index is -3.96. The van der Waals surface area contributed by atoms with Crippen molar-refractivity contribution in [3.63, 3.8) is 0 Å². The Labute approximate surface area is 309 Å². The molecule has 1 amide bonds. The molecule has 0 radical (unpaired) electrons. The molecule has 0 saturated carbocycles. The highest BCUT2D eigenvalue weighted by molar-refractivity contribution is 7.99. The summed E-state index contributed by atoms with van der Waals surface area (Å²) in [7, 11) is -3.96. The molecule has 12 heteroatoms. The van der Waals surface area contributed by atoms with Crippen LogP contribution < -0.4 is 10.0 Å². The van der Waals surface area contributed by atoms with Gasteiger partial charge in [0.05, 0.1) is 23.7 Å². The van der Waals surface area contributed by atoms with E-state index >= 15 is 0 Å². The molecule has 5 atom stereocenters. The molecule has 3 N–H and O–H groups in total. The van der Waals surface area contributed by atoms with E-state index in [0.717, 1.165) is 33.4 Å². The molecule has 52 heavy (non-hydrogen) atoms. The Morgan fingerprint density at radius 1 is 0.827 bits per heavy atom. The Kier molecular flexibility index (Phi) is 12.5. The van der Waals surface area contributed by atoms with Gasteiger partial charge >= 0.3 is 0 Å². The topological polar surface area (TPSA) is 140 Å². The van der Waals surface area contributed by atoms with Crippen molar-refractivity contribution >= 4 is 27.7 Å². The van der Waals surface area contributed by atoms with Gasteiger partial charge in [0.2, 0.25) is 15.9 Å². The third-order valence-corrected chi connectivity index (χ3v) is 11.4. The van der Waals surface area contributed by atoms with Crippen LogP contribution in [0, 0.1) is 12.8 Å². The molecule has 0 aliphatic carbocycles. The fourth-order valence-corrected chi connectivity index (χ4v) is 8.10. The second-order valence-electron chi connectivity index (χ2n) is 12.8. The van der Waals surface area contributed by atoms with E-state index in [1.165, 1.54) is 23.9 Å². The van der Waals surface area contributed by atoms with Crippen LogP contribution in [-0.2, 0) is 43.9 Å². The molecule has 270 valence electrons. The van der Waals surface area contributed by atoms with Crippen molar-refractivity contribution in [2.75, 3.05) is 5.75 Å². The second-order valence-corrected chi connectivity index (χ2v) is 15.5. The third-order valence-electron chi connectivity index (χ3n) is 8.99. The molecule has 0 bridgehead atoms. The number of aromatic nitrogens is 2. The molecule has 1 saturated heterocycles. The first-order chi connectivity index (χ1) is 25.2. The van der Waals surface area contributed by atoms with Crippen LogP contribution >= 0.6 is 11.8 Å². The minimum absolute atomic E-state index is 0.00851. The van der Waals surface area contributed by atoms with E-state index in [1.54, 1.807) is 30.6 Å². The van der Waals surface area contributed by atoms with Gasteiger partial charge < -0.3 is 19.9 Å². The quantitative estimate of drug-likeness (QED) is 0.0916. The first kappa shape index (κ1) is 37.3. The van der Waals surface area contributed by atoms with Crippen LogP contribution in [0.1, 0.15) is 52.7 Å². The number of hydrogen-bond acceptors (Lipinski definition) is 9. The lowest BCUT2D eigenvalue weighted by atomic mass is 9.91. The number of nitrogens with zero attached hydrogens (tertiary/aromatic N) is 2. The number of benzene rings is 4. The second kappa shape index (κ2) is 17.4. The van der Waals surface area contributed by atoms with E-state index in [-0.39, 0.29) is 42.6 Å². The minimum Gasteiger partial charge on any atom is -0.392 e. The summed E-state index contributed by atoms with van der Waals surface area (Å²) in [4.78, 5) is 22.3. The molecular formula is C40H42N4O6S2.